The smallest absolute Gasteiger partial charge is 0.0927 e. The normalized spacial score (nSPS) is 17.2. The minimum absolute atomic E-state index is 0.0351. The van der Waals surface area contributed by atoms with E-state index in [0.717, 1.165) is 12.1 Å². The van der Waals surface area contributed by atoms with E-state index in [1.54, 1.807) is 0 Å². The highest BCUT2D eigenvalue weighted by Crippen LogP contribution is 2.29. The van der Waals surface area contributed by atoms with Crippen LogP contribution in [0, 0.1) is 0 Å². The Morgan fingerprint density at radius 2 is 2.00 bits per heavy atom. The molecule has 0 radical (unpaired) electrons. The van der Waals surface area contributed by atoms with Gasteiger partial charge in [0.25, 0.3) is 0 Å². The van der Waals surface area contributed by atoms with Gasteiger partial charge in [0.2, 0.25) is 0 Å². The van der Waals surface area contributed by atoms with E-state index in [1.165, 1.54) is 18.1 Å². The van der Waals surface area contributed by atoms with Crippen LogP contribution in [0.5, 0.6) is 0 Å². The number of ether oxygens (including phenoxy) is 1. The van der Waals surface area contributed by atoms with Crippen LogP contribution >= 0.6 is 0 Å². The first-order chi connectivity index (χ1) is 8.18. The molecular formula is C13H19N3O. The Labute approximate surface area is 101 Å². The van der Waals surface area contributed by atoms with Gasteiger partial charge in [-0.1, -0.05) is 18.2 Å². The van der Waals surface area contributed by atoms with Crippen LogP contribution in [-0.2, 0) is 16.9 Å². The lowest BCUT2D eigenvalue weighted by atomic mass is 10.1. The Balaban J connectivity index is 0.000000514. The Bertz CT molecular complexity index is 516. The molecule has 0 unspecified atom stereocenters. The van der Waals surface area contributed by atoms with E-state index in [0.29, 0.717) is 6.61 Å². The molecule has 0 bridgehead atoms. The molecule has 0 saturated heterocycles. The highest BCUT2D eigenvalue weighted by molar-refractivity contribution is 5.81. The molecule has 0 saturated carbocycles. The van der Waals surface area contributed by atoms with Crippen LogP contribution in [0.1, 0.15) is 19.5 Å². The average Bonchev–Trinajstić information content (AvgIpc) is 2.72. The lowest BCUT2D eigenvalue weighted by Gasteiger charge is -2.31. The lowest BCUT2D eigenvalue weighted by Crippen LogP contribution is -2.38. The average molecular weight is 233 g/mol. The third-order valence-corrected chi connectivity index (χ3v) is 2.95. The zero-order valence-corrected chi connectivity index (χ0v) is 10.6. The second-order valence-corrected chi connectivity index (χ2v) is 4.68. The van der Waals surface area contributed by atoms with Gasteiger partial charge < -0.3 is 10.5 Å². The maximum absolute atomic E-state index is 5.62. The first-order valence-corrected chi connectivity index (χ1v) is 5.81. The molecule has 1 aliphatic rings. The van der Waals surface area contributed by atoms with Gasteiger partial charge in [-0.3, -0.25) is 4.68 Å². The van der Waals surface area contributed by atoms with Gasteiger partial charge in [0, 0.05) is 5.39 Å². The number of hydrogen-bond donors (Lipinski definition) is 1. The summed E-state index contributed by atoms with van der Waals surface area (Å²) in [6, 6.07) is 8.23. The van der Waals surface area contributed by atoms with E-state index < -0.39 is 0 Å². The molecular weight excluding hydrogens is 214 g/mol. The predicted molar refractivity (Wildman–Crippen MR) is 68.8 cm³/mol. The molecule has 0 atom stereocenters. The summed E-state index contributed by atoms with van der Waals surface area (Å²) in [4.78, 5) is 0. The van der Waals surface area contributed by atoms with Crippen molar-refractivity contribution in [1.82, 2.24) is 9.78 Å². The fraction of sp³-hybridized carbons (Fsp3) is 0.462. The van der Waals surface area contributed by atoms with Crippen molar-refractivity contribution >= 4 is 10.9 Å². The zero-order valence-electron chi connectivity index (χ0n) is 10.6. The van der Waals surface area contributed by atoms with Crippen LogP contribution in [0.25, 0.3) is 10.9 Å². The quantitative estimate of drug-likeness (QED) is 0.756. The topological polar surface area (TPSA) is 53.1 Å². The standard InChI is InChI=1S/C12H14N2O.CH5N/c1-12(2)8-15-7-11-9-5-3-4-6-10(9)13-14(11)12;1-2/h3-6H,7-8H2,1-2H3;2H2,1H3. The molecule has 0 spiro atoms. The summed E-state index contributed by atoms with van der Waals surface area (Å²) in [5, 5.41) is 5.86. The molecule has 0 fully saturated rings. The van der Waals surface area contributed by atoms with Gasteiger partial charge in [-0.15, -0.1) is 0 Å². The summed E-state index contributed by atoms with van der Waals surface area (Å²) in [6.45, 7) is 5.71. The van der Waals surface area contributed by atoms with Gasteiger partial charge in [-0.2, -0.15) is 5.10 Å². The molecule has 2 heterocycles. The molecule has 17 heavy (non-hydrogen) atoms. The number of aromatic nitrogens is 2. The number of fused-ring (bicyclic) bond motifs is 3. The van der Waals surface area contributed by atoms with E-state index in [-0.39, 0.29) is 5.54 Å². The summed E-state index contributed by atoms with van der Waals surface area (Å²) in [5.74, 6) is 0. The third-order valence-electron chi connectivity index (χ3n) is 2.95. The Morgan fingerprint density at radius 1 is 1.29 bits per heavy atom. The Kier molecular flexibility index (Phi) is 3.17. The van der Waals surface area contributed by atoms with Crippen molar-refractivity contribution in [2.75, 3.05) is 13.7 Å². The maximum atomic E-state index is 5.62. The van der Waals surface area contributed by atoms with Crippen molar-refractivity contribution in [2.24, 2.45) is 5.73 Å². The molecule has 1 aliphatic heterocycles. The molecule has 4 nitrogen and oxygen atoms in total. The van der Waals surface area contributed by atoms with Gasteiger partial charge in [-0.25, -0.2) is 0 Å². The first-order valence-electron chi connectivity index (χ1n) is 5.81. The highest BCUT2D eigenvalue weighted by Gasteiger charge is 2.29. The lowest BCUT2D eigenvalue weighted by molar-refractivity contribution is 0.0144. The molecule has 4 heteroatoms. The summed E-state index contributed by atoms with van der Waals surface area (Å²) in [6.07, 6.45) is 0. The highest BCUT2D eigenvalue weighted by atomic mass is 16.5. The molecule has 1 aromatic carbocycles. The Morgan fingerprint density at radius 3 is 2.76 bits per heavy atom. The van der Waals surface area contributed by atoms with Crippen LogP contribution < -0.4 is 5.73 Å². The van der Waals surface area contributed by atoms with Gasteiger partial charge in [0.05, 0.1) is 30.0 Å². The molecule has 2 aromatic rings. The summed E-state index contributed by atoms with van der Waals surface area (Å²) in [7, 11) is 1.50. The van der Waals surface area contributed by atoms with Crippen LogP contribution in [0.4, 0.5) is 0 Å². The van der Waals surface area contributed by atoms with Gasteiger partial charge >= 0.3 is 0 Å². The molecule has 0 amide bonds. The largest absolute Gasteiger partial charge is 0.373 e. The van der Waals surface area contributed by atoms with Crippen LogP contribution in [0.2, 0.25) is 0 Å². The van der Waals surface area contributed by atoms with Crippen molar-refractivity contribution in [3.63, 3.8) is 0 Å². The minimum atomic E-state index is -0.0351. The second-order valence-electron chi connectivity index (χ2n) is 4.68. The molecule has 1 aromatic heterocycles. The third kappa shape index (κ3) is 1.94. The SMILES string of the molecule is CC1(C)COCc2c3ccccc3nn21.CN. The van der Waals surface area contributed by atoms with Gasteiger partial charge in [-0.05, 0) is 27.0 Å². The fourth-order valence-electron chi connectivity index (χ4n) is 2.19. The predicted octanol–water partition coefficient (Wildman–Crippen LogP) is 1.88. The monoisotopic (exact) mass is 233 g/mol. The summed E-state index contributed by atoms with van der Waals surface area (Å²) in [5.41, 5.74) is 6.72. The van der Waals surface area contributed by atoms with Gasteiger partial charge in [0.15, 0.2) is 0 Å². The van der Waals surface area contributed by atoms with E-state index in [9.17, 15) is 0 Å². The molecule has 2 N–H and O–H groups in total. The van der Waals surface area contributed by atoms with Crippen molar-refractivity contribution in [3.05, 3.63) is 30.0 Å². The van der Waals surface area contributed by atoms with E-state index in [2.05, 4.69) is 41.5 Å². The van der Waals surface area contributed by atoms with Crippen LogP contribution in [0.15, 0.2) is 24.3 Å². The Hall–Kier alpha value is -1.39. The van der Waals surface area contributed by atoms with Crippen molar-refractivity contribution < 1.29 is 4.74 Å². The summed E-state index contributed by atoms with van der Waals surface area (Å²) >= 11 is 0. The van der Waals surface area contributed by atoms with E-state index >= 15 is 0 Å². The number of hydrogen-bond acceptors (Lipinski definition) is 3. The number of nitrogens with zero attached hydrogens (tertiary/aromatic N) is 2. The van der Waals surface area contributed by atoms with Crippen molar-refractivity contribution in [3.8, 4) is 0 Å². The maximum Gasteiger partial charge on any atom is 0.0927 e. The van der Waals surface area contributed by atoms with Crippen LogP contribution in [0.3, 0.4) is 0 Å². The van der Waals surface area contributed by atoms with E-state index in [4.69, 9.17) is 4.74 Å². The second kappa shape index (κ2) is 4.47. The zero-order chi connectivity index (χ0) is 12.5. The van der Waals surface area contributed by atoms with Crippen LogP contribution in [-0.4, -0.2) is 23.4 Å². The molecule has 92 valence electrons. The molecule has 0 aliphatic carbocycles. The fourth-order valence-corrected chi connectivity index (χ4v) is 2.19. The number of nitrogens with two attached hydrogens (primary N) is 1. The number of benzene rings is 1. The van der Waals surface area contributed by atoms with Gasteiger partial charge in [0.1, 0.15) is 0 Å². The molecule has 3 rings (SSSR count). The van der Waals surface area contributed by atoms with Crippen molar-refractivity contribution in [1.29, 1.82) is 0 Å². The minimum Gasteiger partial charge on any atom is -0.373 e. The number of rotatable bonds is 0. The van der Waals surface area contributed by atoms with Crippen molar-refractivity contribution in [2.45, 2.75) is 26.0 Å². The summed E-state index contributed by atoms with van der Waals surface area (Å²) < 4.78 is 7.73. The van der Waals surface area contributed by atoms with E-state index in [1.807, 2.05) is 12.1 Å². The first kappa shape index (κ1) is 12.1.